The zero-order chi connectivity index (χ0) is 16.4. The number of aromatic nitrogens is 1. The predicted octanol–water partition coefficient (Wildman–Crippen LogP) is 1.91. The number of anilines is 1. The van der Waals surface area contributed by atoms with Crippen molar-refractivity contribution >= 4 is 18.0 Å². The third-order valence-corrected chi connectivity index (χ3v) is 3.68. The Morgan fingerprint density at radius 3 is 2.96 bits per heavy atom. The van der Waals surface area contributed by atoms with Gasteiger partial charge in [0.2, 0.25) is 0 Å². The van der Waals surface area contributed by atoms with Crippen molar-refractivity contribution in [2.75, 3.05) is 24.6 Å². The fourth-order valence-corrected chi connectivity index (χ4v) is 2.51. The molecule has 0 saturated carbocycles. The lowest BCUT2D eigenvalue weighted by atomic mass is 10.2. The van der Waals surface area contributed by atoms with Crippen molar-refractivity contribution in [3.05, 3.63) is 54.0 Å². The fourth-order valence-electron chi connectivity index (χ4n) is 2.51. The lowest BCUT2D eigenvalue weighted by Gasteiger charge is -2.32. The second kappa shape index (κ2) is 6.08. The highest BCUT2D eigenvalue weighted by Gasteiger charge is 2.24. The van der Waals surface area contributed by atoms with Gasteiger partial charge in [-0.25, -0.2) is 4.98 Å². The highest BCUT2D eigenvalue weighted by Crippen LogP contribution is 2.33. The molecule has 2 aliphatic heterocycles. The molecule has 0 radical (unpaired) electrons. The largest absolute Gasteiger partial charge is 0.488 e. The summed E-state index contributed by atoms with van der Waals surface area (Å²) in [5.74, 6) is 1.18. The second-order valence-electron chi connectivity index (χ2n) is 5.39. The topological polar surface area (TPSA) is 62.7 Å². The Balaban J connectivity index is 1.83. The third kappa shape index (κ3) is 2.88. The van der Waals surface area contributed by atoms with Crippen molar-refractivity contribution in [1.29, 1.82) is 0 Å². The van der Waals surface area contributed by atoms with Crippen molar-refractivity contribution in [1.82, 2.24) is 9.88 Å². The Hall–Kier alpha value is -2.89. The molecule has 6 heteroatoms. The van der Waals surface area contributed by atoms with E-state index in [-0.39, 0.29) is 5.91 Å². The van der Waals surface area contributed by atoms with E-state index in [9.17, 15) is 9.59 Å². The van der Waals surface area contributed by atoms with Crippen molar-refractivity contribution in [3.8, 4) is 5.75 Å². The average molecular weight is 311 g/mol. The van der Waals surface area contributed by atoms with Crippen LogP contribution in [0.1, 0.15) is 17.3 Å². The van der Waals surface area contributed by atoms with Gasteiger partial charge in [0.25, 0.3) is 5.91 Å². The Morgan fingerprint density at radius 1 is 1.48 bits per heavy atom. The highest BCUT2D eigenvalue weighted by molar-refractivity contribution is 5.93. The number of allylic oxidation sites excluding steroid dienone is 1. The van der Waals surface area contributed by atoms with E-state index < -0.39 is 0 Å². The van der Waals surface area contributed by atoms with Crippen LogP contribution in [0.4, 0.5) is 5.82 Å². The van der Waals surface area contributed by atoms with Crippen LogP contribution in [0.3, 0.4) is 0 Å². The molecule has 0 spiro atoms. The van der Waals surface area contributed by atoms with E-state index in [1.165, 1.54) is 6.20 Å². The first kappa shape index (κ1) is 15.0. The molecule has 0 N–H and O–H groups in total. The van der Waals surface area contributed by atoms with Crippen LogP contribution in [0.15, 0.2) is 48.5 Å². The van der Waals surface area contributed by atoms with Gasteiger partial charge in [-0.2, -0.15) is 0 Å². The maximum atomic E-state index is 11.9. The lowest BCUT2D eigenvalue weighted by Crippen LogP contribution is -2.35. The molecule has 3 heterocycles. The molecule has 1 amide bonds. The van der Waals surface area contributed by atoms with Gasteiger partial charge in [0.15, 0.2) is 17.9 Å². The summed E-state index contributed by atoms with van der Waals surface area (Å²) in [6.07, 6.45) is 7.86. The van der Waals surface area contributed by atoms with Gasteiger partial charge in [0.1, 0.15) is 6.61 Å². The number of fused-ring (bicyclic) bond motifs is 1. The van der Waals surface area contributed by atoms with Crippen LogP contribution in [-0.2, 0) is 4.79 Å². The van der Waals surface area contributed by atoms with Gasteiger partial charge in [-0.3, -0.25) is 9.59 Å². The van der Waals surface area contributed by atoms with E-state index in [0.29, 0.717) is 42.4 Å². The van der Waals surface area contributed by atoms with Crippen LogP contribution < -0.4 is 9.64 Å². The minimum Gasteiger partial charge on any atom is -0.488 e. The smallest absolute Gasteiger partial charge is 0.253 e. The van der Waals surface area contributed by atoms with Gasteiger partial charge < -0.3 is 14.5 Å². The number of nitrogens with zero attached hydrogens (tertiary/aromatic N) is 3. The lowest BCUT2D eigenvalue weighted by molar-refractivity contribution is -0.124. The molecular weight excluding hydrogens is 294 g/mol. The molecule has 1 aromatic heterocycles. The van der Waals surface area contributed by atoms with Crippen molar-refractivity contribution < 1.29 is 14.3 Å². The van der Waals surface area contributed by atoms with Crippen molar-refractivity contribution in [2.24, 2.45) is 0 Å². The molecule has 3 rings (SSSR count). The van der Waals surface area contributed by atoms with Crippen LogP contribution in [0.5, 0.6) is 5.75 Å². The second-order valence-corrected chi connectivity index (χ2v) is 5.39. The molecule has 23 heavy (non-hydrogen) atoms. The zero-order valence-electron chi connectivity index (χ0n) is 12.9. The number of rotatable bonds is 3. The number of carbonyl (C=O) groups is 2. The molecule has 0 fully saturated rings. The number of amides is 1. The summed E-state index contributed by atoms with van der Waals surface area (Å²) in [5, 5.41) is 0. The summed E-state index contributed by atoms with van der Waals surface area (Å²) >= 11 is 0. The van der Waals surface area contributed by atoms with Gasteiger partial charge in [-0.1, -0.05) is 6.58 Å². The van der Waals surface area contributed by atoms with Crippen LogP contribution >= 0.6 is 0 Å². The minimum absolute atomic E-state index is 0.0901. The molecule has 0 unspecified atom stereocenters. The fraction of sp³-hybridized carbons (Fsp3) is 0.235. The number of carbonyl (C=O) groups excluding carboxylic acids is 2. The summed E-state index contributed by atoms with van der Waals surface area (Å²) in [4.78, 5) is 30.7. The maximum absolute atomic E-state index is 11.9. The number of hydrogen-bond donors (Lipinski definition) is 0. The number of aldehydes is 1. The first-order valence-electron chi connectivity index (χ1n) is 7.30. The van der Waals surface area contributed by atoms with Crippen molar-refractivity contribution in [3.63, 3.8) is 0 Å². The predicted molar refractivity (Wildman–Crippen MR) is 86.2 cm³/mol. The molecule has 118 valence electrons. The SMILES string of the molecule is C=C(C)C(=O)N1C=CC(N2CCOc3cc(C=O)cnc32)=CC1. The van der Waals surface area contributed by atoms with Gasteiger partial charge in [-0.15, -0.1) is 0 Å². The summed E-state index contributed by atoms with van der Waals surface area (Å²) in [6, 6.07) is 1.69. The standard InChI is InChI=1S/C17H17N3O3/c1-12(2)17(22)19-5-3-14(4-6-19)20-7-8-23-15-9-13(11-21)10-18-16(15)20/h3-5,9-11H,1,6-8H2,2H3. The molecule has 1 aromatic rings. The Bertz CT molecular complexity index is 737. The Kier molecular flexibility index (Phi) is 3.97. The van der Waals surface area contributed by atoms with Gasteiger partial charge in [0.05, 0.1) is 6.54 Å². The first-order valence-corrected chi connectivity index (χ1v) is 7.30. The quantitative estimate of drug-likeness (QED) is 0.630. The van der Waals surface area contributed by atoms with E-state index in [2.05, 4.69) is 11.6 Å². The van der Waals surface area contributed by atoms with Gasteiger partial charge in [-0.05, 0) is 25.1 Å². The van der Waals surface area contributed by atoms with Crippen LogP contribution in [0, 0.1) is 0 Å². The Morgan fingerprint density at radius 2 is 2.30 bits per heavy atom. The van der Waals surface area contributed by atoms with Crippen LogP contribution in [0.2, 0.25) is 0 Å². The number of pyridine rings is 1. The summed E-state index contributed by atoms with van der Waals surface area (Å²) in [5.41, 5.74) is 1.94. The number of ether oxygens (including phenoxy) is 1. The molecule has 0 saturated heterocycles. The summed E-state index contributed by atoms with van der Waals surface area (Å²) in [7, 11) is 0. The first-order chi connectivity index (χ1) is 11.1. The number of hydrogen-bond acceptors (Lipinski definition) is 5. The average Bonchev–Trinajstić information content (AvgIpc) is 2.60. The maximum Gasteiger partial charge on any atom is 0.253 e. The zero-order valence-corrected chi connectivity index (χ0v) is 12.9. The third-order valence-electron chi connectivity index (χ3n) is 3.68. The van der Waals surface area contributed by atoms with E-state index >= 15 is 0 Å². The normalized spacial score (nSPS) is 16.3. The van der Waals surface area contributed by atoms with Crippen LogP contribution in [-0.4, -0.2) is 41.8 Å². The van der Waals surface area contributed by atoms with Crippen LogP contribution in [0.25, 0.3) is 0 Å². The van der Waals surface area contributed by atoms with Gasteiger partial charge >= 0.3 is 0 Å². The molecule has 0 atom stereocenters. The molecule has 0 aliphatic carbocycles. The molecule has 0 aromatic carbocycles. The molecule has 0 bridgehead atoms. The van der Waals surface area contributed by atoms with E-state index in [0.717, 1.165) is 12.0 Å². The Labute approximate surface area is 134 Å². The minimum atomic E-state index is -0.0901. The van der Waals surface area contributed by atoms with E-state index in [1.54, 1.807) is 24.1 Å². The van der Waals surface area contributed by atoms with Crippen molar-refractivity contribution in [2.45, 2.75) is 6.92 Å². The summed E-state index contributed by atoms with van der Waals surface area (Å²) in [6.45, 7) is 7.02. The van der Waals surface area contributed by atoms with Gasteiger partial charge in [0, 0.05) is 35.8 Å². The summed E-state index contributed by atoms with van der Waals surface area (Å²) < 4.78 is 5.59. The molecular formula is C17H17N3O3. The van der Waals surface area contributed by atoms with E-state index in [1.807, 2.05) is 17.1 Å². The molecule has 2 aliphatic rings. The molecule has 6 nitrogen and oxygen atoms in total. The highest BCUT2D eigenvalue weighted by atomic mass is 16.5. The van der Waals surface area contributed by atoms with E-state index in [4.69, 9.17) is 4.74 Å². The monoisotopic (exact) mass is 311 g/mol.